The van der Waals surface area contributed by atoms with E-state index in [1.165, 1.54) is 17.3 Å². The molecule has 3 aromatic rings. The average molecular weight is 404 g/mol. The number of benzene rings is 1. The first-order chi connectivity index (χ1) is 14.5. The van der Waals surface area contributed by atoms with Crippen LogP contribution in [0.3, 0.4) is 0 Å². The number of aliphatic hydroxyl groups is 1. The molecule has 0 saturated carbocycles. The van der Waals surface area contributed by atoms with Crippen molar-refractivity contribution in [2.45, 2.75) is 13.0 Å². The number of pyridine rings is 1. The van der Waals surface area contributed by atoms with E-state index >= 15 is 0 Å². The van der Waals surface area contributed by atoms with Gasteiger partial charge in [0, 0.05) is 29.7 Å². The van der Waals surface area contributed by atoms with Crippen molar-refractivity contribution in [2.75, 3.05) is 11.7 Å². The van der Waals surface area contributed by atoms with Crippen molar-refractivity contribution in [1.29, 1.82) is 0 Å². The fourth-order valence-corrected chi connectivity index (χ4v) is 3.67. The summed E-state index contributed by atoms with van der Waals surface area (Å²) in [7, 11) is 0. The first-order valence-electron chi connectivity index (χ1n) is 9.22. The second-order valence-corrected chi connectivity index (χ2v) is 6.89. The maximum Gasteiger partial charge on any atom is 0.300 e. The zero-order valence-electron chi connectivity index (χ0n) is 15.9. The number of ketones is 1. The van der Waals surface area contributed by atoms with E-state index in [9.17, 15) is 14.7 Å². The van der Waals surface area contributed by atoms with Crippen LogP contribution in [0.1, 0.15) is 23.1 Å². The van der Waals surface area contributed by atoms with Crippen LogP contribution in [0.4, 0.5) is 5.69 Å². The molecule has 2 aliphatic heterocycles. The maximum absolute atomic E-state index is 13.0. The molecule has 30 heavy (non-hydrogen) atoms. The molecule has 150 valence electrons. The number of nitrogens with zero attached hydrogens (tertiary/aromatic N) is 2. The van der Waals surface area contributed by atoms with Crippen molar-refractivity contribution in [1.82, 2.24) is 4.98 Å². The summed E-state index contributed by atoms with van der Waals surface area (Å²) in [4.78, 5) is 31.3. The van der Waals surface area contributed by atoms with Gasteiger partial charge < -0.3 is 19.0 Å². The fourth-order valence-electron chi connectivity index (χ4n) is 3.67. The van der Waals surface area contributed by atoms with E-state index in [2.05, 4.69) is 4.98 Å². The van der Waals surface area contributed by atoms with Crippen LogP contribution in [0.25, 0.3) is 5.76 Å². The van der Waals surface area contributed by atoms with Crippen molar-refractivity contribution < 1.29 is 28.6 Å². The summed E-state index contributed by atoms with van der Waals surface area (Å²) in [5, 5.41) is 10.9. The Kier molecular flexibility index (Phi) is 4.06. The number of carbonyl (C=O) groups is 2. The van der Waals surface area contributed by atoms with Crippen LogP contribution < -0.4 is 14.4 Å². The molecular weight excluding hydrogens is 388 g/mol. The molecule has 0 bridgehead atoms. The monoisotopic (exact) mass is 404 g/mol. The number of aromatic nitrogens is 1. The molecule has 1 saturated heterocycles. The Balaban J connectivity index is 1.70. The molecule has 1 amide bonds. The zero-order valence-corrected chi connectivity index (χ0v) is 15.9. The van der Waals surface area contributed by atoms with Gasteiger partial charge in [-0.15, -0.1) is 0 Å². The van der Waals surface area contributed by atoms with Crippen LogP contribution in [0, 0.1) is 6.92 Å². The van der Waals surface area contributed by atoms with Crippen molar-refractivity contribution in [3.8, 4) is 11.5 Å². The molecule has 1 atom stereocenters. The molecule has 2 aliphatic rings. The van der Waals surface area contributed by atoms with Crippen LogP contribution in [0.5, 0.6) is 11.5 Å². The molecular formula is C22H16N2O6. The minimum Gasteiger partial charge on any atom is -0.507 e. The van der Waals surface area contributed by atoms with E-state index in [1.54, 1.807) is 49.4 Å². The number of rotatable bonds is 3. The molecule has 0 spiro atoms. The number of carbonyl (C=O) groups excluding carboxylic acids is 2. The third-order valence-corrected chi connectivity index (χ3v) is 5.06. The summed E-state index contributed by atoms with van der Waals surface area (Å²) in [5.74, 6) is 0.128. The lowest BCUT2D eigenvalue weighted by Crippen LogP contribution is -2.29. The van der Waals surface area contributed by atoms with E-state index in [1.807, 2.05) is 0 Å². The van der Waals surface area contributed by atoms with Crippen molar-refractivity contribution in [3.63, 3.8) is 0 Å². The highest BCUT2D eigenvalue weighted by Gasteiger charge is 2.48. The zero-order chi connectivity index (χ0) is 20.8. The number of aliphatic hydroxyl groups excluding tert-OH is 1. The van der Waals surface area contributed by atoms with Gasteiger partial charge in [-0.2, -0.15) is 0 Å². The van der Waals surface area contributed by atoms with Crippen LogP contribution >= 0.6 is 0 Å². The number of hydrogen-bond acceptors (Lipinski definition) is 7. The van der Waals surface area contributed by atoms with Gasteiger partial charge in [-0.25, -0.2) is 0 Å². The Labute approximate surface area is 171 Å². The van der Waals surface area contributed by atoms with Gasteiger partial charge in [0.15, 0.2) is 11.5 Å². The summed E-state index contributed by atoms with van der Waals surface area (Å²) in [6.07, 6.45) is 2.99. The van der Waals surface area contributed by atoms with Crippen LogP contribution in [0.2, 0.25) is 0 Å². The largest absolute Gasteiger partial charge is 0.507 e. The summed E-state index contributed by atoms with van der Waals surface area (Å²) in [6, 6.07) is 10.6. The van der Waals surface area contributed by atoms with Gasteiger partial charge in [-0.1, -0.05) is 0 Å². The second-order valence-electron chi connectivity index (χ2n) is 6.89. The summed E-state index contributed by atoms with van der Waals surface area (Å²) in [5.41, 5.74) is 0.745. The summed E-state index contributed by atoms with van der Waals surface area (Å²) >= 11 is 0. The number of furan rings is 1. The van der Waals surface area contributed by atoms with Crippen molar-refractivity contribution >= 4 is 23.1 Å². The minimum atomic E-state index is -0.938. The molecule has 8 nitrogen and oxygen atoms in total. The van der Waals surface area contributed by atoms with Crippen molar-refractivity contribution in [2.24, 2.45) is 0 Å². The molecule has 1 fully saturated rings. The average Bonchev–Trinajstić information content (AvgIpc) is 3.46. The highest BCUT2D eigenvalue weighted by Crippen LogP contribution is 2.45. The highest BCUT2D eigenvalue weighted by molar-refractivity contribution is 6.51. The minimum absolute atomic E-state index is 0.0572. The number of fused-ring (bicyclic) bond motifs is 1. The van der Waals surface area contributed by atoms with Gasteiger partial charge in [0.05, 0.1) is 5.57 Å². The van der Waals surface area contributed by atoms with Gasteiger partial charge in [0.1, 0.15) is 23.3 Å². The first kappa shape index (κ1) is 18.0. The molecule has 1 N–H and O–H groups in total. The summed E-state index contributed by atoms with van der Waals surface area (Å²) < 4.78 is 16.5. The molecule has 0 radical (unpaired) electrons. The molecule has 0 aliphatic carbocycles. The Hall–Kier alpha value is -4.07. The fraction of sp³-hybridized carbons (Fsp3) is 0.136. The van der Waals surface area contributed by atoms with Crippen LogP contribution in [0.15, 0.2) is 64.8 Å². The Morgan fingerprint density at radius 3 is 2.57 bits per heavy atom. The topological polar surface area (TPSA) is 102 Å². The SMILES string of the molecule is Cc1ccc(C2/C(=C(/O)c3ccncc3)C(=O)C(=O)N2c2ccc3c(c2)OCO3)o1. The van der Waals surface area contributed by atoms with E-state index in [4.69, 9.17) is 13.9 Å². The van der Waals surface area contributed by atoms with Gasteiger partial charge in [-0.05, 0) is 43.3 Å². The standard InChI is InChI=1S/C22H16N2O6/c1-12-2-4-16(30-12)19-18(20(25)13-6-8-23-9-7-13)21(26)22(27)24(19)14-3-5-15-17(10-14)29-11-28-15/h2-10,19,25H,11H2,1H3/b20-18-. The number of anilines is 1. The van der Waals surface area contributed by atoms with E-state index < -0.39 is 17.7 Å². The first-order valence-corrected chi connectivity index (χ1v) is 9.22. The van der Waals surface area contributed by atoms with E-state index in [0.717, 1.165) is 0 Å². The second kappa shape index (κ2) is 6.77. The van der Waals surface area contributed by atoms with Gasteiger partial charge in [0.25, 0.3) is 11.7 Å². The lowest BCUT2D eigenvalue weighted by molar-refractivity contribution is -0.132. The number of ether oxygens (including phenoxy) is 2. The number of aryl methyl sites for hydroxylation is 1. The summed E-state index contributed by atoms with van der Waals surface area (Å²) in [6.45, 7) is 1.85. The predicted molar refractivity (Wildman–Crippen MR) is 105 cm³/mol. The molecule has 5 rings (SSSR count). The van der Waals surface area contributed by atoms with Crippen LogP contribution in [-0.4, -0.2) is 28.6 Å². The lowest BCUT2D eigenvalue weighted by Gasteiger charge is -2.23. The quantitative estimate of drug-likeness (QED) is 0.406. The highest BCUT2D eigenvalue weighted by atomic mass is 16.7. The third-order valence-electron chi connectivity index (χ3n) is 5.06. The normalized spacial score (nSPS) is 19.5. The van der Waals surface area contributed by atoms with Gasteiger partial charge in [0.2, 0.25) is 6.79 Å². The van der Waals surface area contributed by atoms with Gasteiger partial charge >= 0.3 is 0 Å². The Morgan fingerprint density at radius 2 is 1.83 bits per heavy atom. The number of Topliss-reactive ketones (excluding diaryl/α,β-unsaturated/α-hetero) is 1. The number of amides is 1. The van der Waals surface area contributed by atoms with E-state index in [-0.39, 0.29) is 18.1 Å². The smallest absolute Gasteiger partial charge is 0.300 e. The molecule has 4 heterocycles. The molecule has 1 aromatic carbocycles. The molecule has 1 unspecified atom stereocenters. The van der Waals surface area contributed by atoms with Gasteiger partial charge in [-0.3, -0.25) is 19.5 Å². The lowest BCUT2D eigenvalue weighted by atomic mass is 9.99. The Morgan fingerprint density at radius 1 is 1.07 bits per heavy atom. The third kappa shape index (κ3) is 2.73. The molecule has 2 aromatic heterocycles. The van der Waals surface area contributed by atoms with Crippen LogP contribution in [-0.2, 0) is 9.59 Å². The molecule has 8 heteroatoms. The predicted octanol–water partition coefficient (Wildman–Crippen LogP) is 3.34. The Bertz CT molecular complexity index is 1200. The van der Waals surface area contributed by atoms with E-state index in [0.29, 0.717) is 34.3 Å². The maximum atomic E-state index is 13.0. The van der Waals surface area contributed by atoms with Crippen molar-refractivity contribution in [3.05, 3.63) is 77.5 Å². The number of hydrogen-bond donors (Lipinski definition) is 1.